The summed E-state index contributed by atoms with van der Waals surface area (Å²) in [6, 6.07) is 2.34. The van der Waals surface area contributed by atoms with Crippen molar-refractivity contribution in [2.75, 3.05) is 0 Å². The van der Waals surface area contributed by atoms with E-state index in [-0.39, 0.29) is 16.2 Å². The highest BCUT2D eigenvalue weighted by molar-refractivity contribution is 5.88. The highest BCUT2D eigenvalue weighted by atomic mass is 14.6. The van der Waals surface area contributed by atoms with Gasteiger partial charge < -0.3 is 0 Å². The first kappa shape index (κ1) is 27.3. The lowest BCUT2D eigenvalue weighted by atomic mass is 9.41. The van der Waals surface area contributed by atoms with E-state index in [2.05, 4.69) is 93.4 Å². The second-order valence-electron chi connectivity index (χ2n) is 13.3. The maximum Gasteiger partial charge on any atom is 0.0287 e. The molecule has 0 heterocycles. The number of hydrogen-bond donors (Lipinski definition) is 0. The number of rotatable bonds is 2. The van der Waals surface area contributed by atoms with Crippen LogP contribution in [-0.4, -0.2) is 0 Å². The summed E-state index contributed by atoms with van der Waals surface area (Å²) in [5, 5.41) is 0. The molecule has 0 aliphatic heterocycles. The lowest BCUT2D eigenvalue weighted by Crippen LogP contribution is -2.52. The third-order valence-electron chi connectivity index (χ3n) is 10.1. The van der Waals surface area contributed by atoms with Crippen LogP contribution in [0.2, 0.25) is 0 Å². The van der Waals surface area contributed by atoms with Crippen molar-refractivity contribution in [2.45, 2.75) is 94.4 Å². The molecule has 1 aromatic carbocycles. The van der Waals surface area contributed by atoms with Crippen LogP contribution in [0, 0.1) is 35.0 Å². The zero-order valence-corrected chi connectivity index (χ0v) is 25.1. The van der Waals surface area contributed by atoms with Crippen LogP contribution in [0.4, 0.5) is 0 Å². The fraction of sp³-hybridized carbons (Fsp3) is 0.459. The minimum atomic E-state index is -0.137. The van der Waals surface area contributed by atoms with Gasteiger partial charge in [-0.05, 0) is 127 Å². The van der Waals surface area contributed by atoms with Crippen molar-refractivity contribution >= 4 is 5.57 Å². The third kappa shape index (κ3) is 3.73. The molecule has 0 heteroatoms. The molecule has 0 bridgehead atoms. The van der Waals surface area contributed by atoms with Gasteiger partial charge in [0.15, 0.2) is 0 Å². The second kappa shape index (κ2) is 8.63. The fourth-order valence-corrected chi connectivity index (χ4v) is 8.45. The van der Waals surface area contributed by atoms with Crippen molar-refractivity contribution in [3.8, 4) is 11.8 Å². The molecule has 0 amide bonds. The van der Waals surface area contributed by atoms with E-state index >= 15 is 0 Å². The summed E-state index contributed by atoms with van der Waals surface area (Å²) in [7, 11) is 0. The molecule has 0 spiro atoms. The summed E-state index contributed by atoms with van der Waals surface area (Å²) < 4.78 is 0. The molecular weight excluding hydrogens is 444 g/mol. The molecule has 37 heavy (non-hydrogen) atoms. The van der Waals surface area contributed by atoms with Crippen molar-refractivity contribution in [1.82, 2.24) is 0 Å². The average Bonchev–Trinajstić information content (AvgIpc) is 2.74. The Morgan fingerprint density at radius 1 is 1.00 bits per heavy atom. The average molecular weight is 491 g/mol. The number of hydrogen-bond acceptors (Lipinski definition) is 0. The fourth-order valence-electron chi connectivity index (χ4n) is 8.45. The molecule has 0 nitrogen and oxygen atoms in total. The predicted octanol–water partition coefficient (Wildman–Crippen LogP) is 10.2. The van der Waals surface area contributed by atoms with E-state index in [9.17, 15) is 0 Å². The number of fused-ring (bicyclic) bond motifs is 3. The van der Waals surface area contributed by atoms with Gasteiger partial charge in [0.2, 0.25) is 0 Å². The molecule has 4 rings (SSSR count). The SMILES string of the molecule is C=C(C)C#Cc1cc(C(C)C)c2c(c1C)C(=C)C1=C(C)[C@@]3(C)C(=C)C(C(=C)C)=C(C)C[C@@]3(C)C[C@@]1(C)C2. The van der Waals surface area contributed by atoms with Crippen molar-refractivity contribution in [1.29, 1.82) is 0 Å². The lowest BCUT2D eigenvalue weighted by Gasteiger charge is -2.62. The lowest BCUT2D eigenvalue weighted by molar-refractivity contribution is 0.0543. The van der Waals surface area contributed by atoms with E-state index in [0.29, 0.717) is 5.92 Å². The summed E-state index contributed by atoms with van der Waals surface area (Å²) in [6.07, 6.45) is 3.25. The first-order chi connectivity index (χ1) is 17.0. The van der Waals surface area contributed by atoms with Gasteiger partial charge in [0.1, 0.15) is 0 Å². The van der Waals surface area contributed by atoms with Gasteiger partial charge >= 0.3 is 0 Å². The van der Waals surface area contributed by atoms with Crippen molar-refractivity contribution in [3.63, 3.8) is 0 Å². The predicted molar refractivity (Wildman–Crippen MR) is 163 cm³/mol. The molecule has 3 aliphatic carbocycles. The Labute approximate surface area is 227 Å². The highest BCUT2D eigenvalue weighted by Gasteiger charge is 2.59. The molecule has 0 fully saturated rings. The molecule has 3 aliphatic rings. The van der Waals surface area contributed by atoms with Crippen molar-refractivity contribution in [2.24, 2.45) is 16.2 Å². The van der Waals surface area contributed by atoms with Gasteiger partial charge in [0, 0.05) is 11.0 Å². The van der Waals surface area contributed by atoms with Crippen LogP contribution in [0.15, 0.2) is 71.4 Å². The second-order valence-corrected chi connectivity index (χ2v) is 13.3. The zero-order chi connectivity index (χ0) is 27.8. The Morgan fingerprint density at radius 2 is 1.62 bits per heavy atom. The minimum Gasteiger partial charge on any atom is -0.0955 e. The van der Waals surface area contributed by atoms with E-state index in [0.717, 1.165) is 36.0 Å². The van der Waals surface area contributed by atoms with Crippen LogP contribution < -0.4 is 0 Å². The molecular formula is C37H46. The summed E-state index contributed by atoms with van der Waals surface area (Å²) >= 11 is 0. The molecule has 1 aromatic rings. The van der Waals surface area contributed by atoms with Gasteiger partial charge in [0.05, 0.1) is 0 Å². The van der Waals surface area contributed by atoms with Gasteiger partial charge in [-0.2, -0.15) is 0 Å². The van der Waals surface area contributed by atoms with Gasteiger partial charge in [-0.3, -0.25) is 0 Å². The molecule has 0 saturated heterocycles. The van der Waals surface area contributed by atoms with Gasteiger partial charge in [-0.15, -0.1) is 0 Å². The number of allylic oxidation sites excluding steroid dienone is 8. The largest absolute Gasteiger partial charge is 0.0955 e. The van der Waals surface area contributed by atoms with Crippen LogP contribution in [0.1, 0.15) is 109 Å². The van der Waals surface area contributed by atoms with E-state index in [1.165, 1.54) is 55.7 Å². The molecule has 3 atom stereocenters. The first-order valence-corrected chi connectivity index (χ1v) is 13.8. The Morgan fingerprint density at radius 3 is 2.16 bits per heavy atom. The molecule has 0 radical (unpaired) electrons. The van der Waals surface area contributed by atoms with Crippen LogP contribution >= 0.6 is 0 Å². The summed E-state index contributed by atoms with van der Waals surface area (Å²) in [4.78, 5) is 0. The Kier molecular flexibility index (Phi) is 6.36. The standard InChI is InChI=1S/C37H46/c1-21(2)15-16-29-17-30(22(3)4)31-19-35(12)20-36(13)18-24(7)32(23(5)6)27(10)37(36,14)28(11)34(35)26(9)33(31)25(29)8/h17,22H,1,5,9-10,18-20H2,2-4,6-8,11-14H3/t35-,36+,37-/m1/s1. The Balaban J connectivity index is 2.04. The zero-order valence-electron chi connectivity index (χ0n) is 25.1. The molecule has 0 unspecified atom stereocenters. The van der Waals surface area contributed by atoms with E-state index in [4.69, 9.17) is 13.2 Å². The van der Waals surface area contributed by atoms with Gasteiger partial charge in [-0.25, -0.2) is 0 Å². The van der Waals surface area contributed by atoms with Crippen LogP contribution in [0.25, 0.3) is 5.57 Å². The smallest absolute Gasteiger partial charge is 0.0287 e. The number of benzene rings is 1. The van der Waals surface area contributed by atoms with Crippen molar-refractivity contribution < 1.29 is 0 Å². The summed E-state index contributed by atoms with van der Waals surface area (Å²) in [5.41, 5.74) is 16.6. The monoisotopic (exact) mass is 490 g/mol. The quantitative estimate of drug-likeness (QED) is 0.362. The van der Waals surface area contributed by atoms with Crippen molar-refractivity contribution in [3.05, 3.63) is 99.2 Å². The maximum absolute atomic E-state index is 4.84. The van der Waals surface area contributed by atoms with Crippen LogP contribution in [0.5, 0.6) is 0 Å². The first-order valence-electron chi connectivity index (χ1n) is 13.8. The maximum atomic E-state index is 4.84. The Bertz CT molecular complexity index is 1420. The topological polar surface area (TPSA) is 0 Å². The third-order valence-corrected chi connectivity index (χ3v) is 10.1. The molecule has 194 valence electrons. The molecule has 0 aromatic heterocycles. The van der Waals surface area contributed by atoms with Crippen LogP contribution in [0.3, 0.4) is 0 Å². The Hall–Kier alpha value is -2.78. The van der Waals surface area contributed by atoms with Gasteiger partial charge in [0.25, 0.3) is 0 Å². The summed E-state index contributed by atoms with van der Waals surface area (Å²) in [6.45, 7) is 41.0. The summed E-state index contributed by atoms with van der Waals surface area (Å²) in [5.74, 6) is 7.07. The minimum absolute atomic E-state index is 0.0324. The van der Waals surface area contributed by atoms with E-state index in [1.807, 2.05) is 6.92 Å². The normalized spacial score (nSPS) is 28.9. The highest BCUT2D eigenvalue weighted by Crippen LogP contribution is 2.70. The van der Waals surface area contributed by atoms with Crippen LogP contribution in [-0.2, 0) is 6.42 Å². The van der Waals surface area contributed by atoms with Gasteiger partial charge in [-0.1, -0.05) is 89.5 Å². The molecule has 0 saturated carbocycles. The van der Waals surface area contributed by atoms with E-state index in [1.54, 1.807) is 0 Å². The molecule has 0 N–H and O–H groups in total. The van der Waals surface area contributed by atoms with E-state index < -0.39 is 0 Å².